The maximum Gasteiger partial charge on any atom is 0.226 e. The van der Waals surface area contributed by atoms with E-state index < -0.39 is 9.84 Å². The van der Waals surface area contributed by atoms with Crippen molar-refractivity contribution in [3.8, 4) is 0 Å². The van der Waals surface area contributed by atoms with E-state index in [1.54, 1.807) is 24.3 Å². The fraction of sp³-hybridized carbons (Fsp3) is 0.519. The lowest BCUT2D eigenvalue weighted by molar-refractivity contribution is -0.149. The van der Waals surface area contributed by atoms with Gasteiger partial charge in [0.2, 0.25) is 5.91 Å². The molecule has 4 bridgehead atoms. The summed E-state index contributed by atoms with van der Waals surface area (Å²) in [6.45, 7) is 2.54. The molecule has 2 aromatic rings. The summed E-state index contributed by atoms with van der Waals surface area (Å²) in [5.74, 6) is 1.46. The molecule has 4 saturated carbocycles. The second kappa shape index (κ2) is 8.02. The number of carbonyl (C=O) groups is 1. The van der Waals surface area contributed by atoms with E-state index in [0.29, 0.717) is 29.7 Å². The average molecular weight is 452 g/mol. The van der Waals surface area contributed by atoms with Gasteiger partial charge in [0.15, 0.2) is 9.84 Å². The van der Waals surface area contributed by atoms with Crippen molar-refractivity contribution in [2.75, 3.05) is 12.3 Å². The zero-order valence-electron chi connectivity index (χ0n) is 18.8. The topological polar surface area (TPSA) is 63.2 Å². The number of carbonyl (C=O) groups excluding carboxylic acids is 1. The first kappa shape index (κ1) is 21.7. The normalized spacial score (nSPS) is 30.9. The van der Waals surface area contributed by atoms with E-state index in [4.69, 9.17) is 0 Å². The highest BCUT2D eigenvalue weighted by Crippen LogP contribution is 2.65. The van der Waals surface area contributed by atoms with Gasteiger partial charge in [-0.1, -0.05) is 48.0 Å². The molecule has 2 atom stereocenters. The number of rotatable bonds is 7. The summed E-state index contributed by atoms with van der Waals surface area (Å²) in [4.78, 5) is 13.8. The van der Waals surface area contributed by atoms with E-state index in [0.717, 1.165) is 19.3 Å². The predicted molar refractivity (Wildman–Crippen MR) is 126 cm³/mol. The molecule has 4 nitrogen and oxygen atoms in total. The van der Waals surface area contributed by atoms with Crippen LogP contribution in [0.2, 0.25) is 0 Å². The average Bonchev–Trinajstić information content (AvgIpc) is 2.76. The van der Waals surface area contributed by atoms with Gasteiger partial charge in [-0.2, -0.15) is 0 Å². The van der Waals surface area contributed by atoms with E-state index >= 15 is 0 Å². The molecule has 0 radical (unpaired) electrons. The van der Waals surface area contributed by atoms with Crippen LogP contribution in [-0.2, 0) is 20.0 Å². The molecule has 1 N–H and O–H groups in total. The molecule has 4 fully saturated rings. The third-order valence-electron chi connectivity index (χ3n) is 8.18. The Morgan fingerprint density at radius 1 is 0.969 bits per heavy atom. The second-order valence-corrected chi connectivity index (χ2v) is 12.7. The zero-order valence-corrected chi connectivity index (χ0v) is 19.7. The number of aryl methyl sites for hydroxylation is 1. The van der Waals surface area contributed by atoms with Crippen LogP contribution in [-0.4, -0.2) is 26.6 Å². The minimum absolute atomic E-state index is 0.0584. The van der Waals surface area contributed by atoms with Crippen LogP contribution in [0.15, 0.2) is 59.5 Å². The molecule has 5 heteroatoms. The Kier molecular flexibility index (Phi) is 5.43. The summed E-state index contributed by atoms with van der Waals surface area (Å²) in [5, 5.41) is 3.14. The summed E-state index contributed by atoms with van der Waals surface area (Å²) in [5.41, 5.74) is 2.53. The molecule has 0 aromatic heterocycles. The lowest BCUT2D eigenvalue weighted by Gasteiger charge is -2.61. The third-order valence-corrected chi connectivity index (χ3v) is 10.0. The summed E-state index contributed by atoms with van der Waals surface area (Å²) in [7, 11) is -3.30. The first-order valence-electron chi connectivity index (χ1n) is 11.9. The largest absolute Gasteiger partial charge is 0.356 e. The minimum Gasteiger partial charge on any atom is -0.356 e. The van der Waals surface area contributed by atoms with Crippen molar-refractivity contribution in [1.82, 2.24) is 5.32 Å². The highest BCUT2D eigenvalue weighted by molar-refractivity contribution is 7.91. The van der Waals surface area contributed by atoms with Crippen LogP contribution in [0.25, 0.3) is 0 Å². The maximum atomic E-state index is 13.5. The van der Waals surface area contributed by atoms with Gasteiger partial charge in [-0.3, -0.25) is 4.79 Å². The molecule has 4 aliphatic rings. The Labute approximate surface area is 191 Å². The van der Waals surface area contributed by atoms with Crippen LogP contribution >= 0.6 is 0 Å². The molecule has 0 heterocycles. The van der Waals surface area contributed by atoms with Gasteiger partial charge in [-0.15, -0.1) is 0 Å². The Hall–Kier alpha value is -2.14. The van der Waals surface area contributed by atoms with Crippen LogP contribution in [0, 0.1) is 24.2 Å². The second-order valence-electron chi connectivity index (χ2n) is 10.6. The van der Waals surface area contributed by atoms with Gasteiger partial charge in [-0.05, 0) is 86.8 Å². The number of nitrogens with one attached hydrogen (secondary N) is 1. The van der Waals surface area contributed by atoms with E-state index in [9.17, 15) is 13.2 Å². The van der Waals surface area contributed by atoms with E-state index in [-0.39, 0.29) is 22.5 Å². The maximum absolute atomic E-state index is 13.5. The molecule has 0 aliphatic heterocycles. The number of hydrogen-bond donors (Lipinski definition) is 1. The summed E-state index contributed by atoms with van der Waals surface area (Å²) in [6.07, 6.45) is 7.03. The Morgan fingerprint density at radius 3 is 2.28 bits per heavy atom. The van der Waals surface area contributed by atoms with E-state index in [1.807, 2.05) is 6.07 Å². The number of hydrogen-bond acceptors (Lipinski definition) is 3. The zero-order chi connectivity index (χ0) is 22.4. The quantitative estimate of drug-likeness (QED) is 0.614. The van der Waals surface area contributed by atoms with Crippen molar-refractivity contribution in [1.29, 1.82) is 0 Å². The van der Waals surface area contributed by atoms with Gasteiger partial charge >= 0.3 is 0 Å². The third kappa shape index (κ3) is 3.89. The van der Waals surface area contributed by atoms with Crippen LogP contribution in [0.5, 0.6) is 0 Å². The molecule has 32 heavy (non-hydrogen) atoms. The predicted octanol–water partition coefficient (Wildman–Crippen LogP) is 4.81. The molecule has 0 spiro atoms. The lowest BCUT2D eigenvalue weighted by Crippen LogP contribution is -2.59. The van der Waals surface area contributed by atoms with Gasteiger partial charge in [0.05, 0.1) is 16.1 Å². The van der Waals surface area contributed by atoms with Crippen LogP contribution in [0.4, 0.5) is 0 Å². The van der Waals surface area contributed by atoms with Gasteiger partial charge in [0.1, 0.15) is 0 Å². The Balaban J connectivity index is 1.25. The van der Waals surface area contributed by atoms with Crippen molar-refractivity contribution >= 4 is 15.7 Å². The van der Waals surface area contributed by atoms with Crippen molar-refractivity contribution in [3.63, 3.8) is 0 Å². The number of sulfone groups is 1. The molecule has 170 valence electrons. The smallest absolute Gasteiger partial charge is 0.226 e. The Morgan fingerprint density at radius 2 is 1.62 bits per heavy atom. The highest BCUT2D eigenvalue weighted by atomic mass is 32.2. The van der Waals surface area contributed by atoms with E-state index in [2.05, 4.69) is 36.5 Å². The SMILES string of the molecule is Cc1ccc(C23CC4CC(CC(C(=O)NCCCS(=O)(=O)c5ccccc5)(C4)C2)C3)cc1. The van der Waals surface area contributed by atoms with Gasteiger partial charge in [0.25, 0.3) is 0 Å². The molecular weight excluding hydrogens is 418 g/mol. The van der Waals surface area contributed by atoms with Crippen molar-refractivity contribution in [2.24, 2.45) is 17.3 Å². The molecule has 0 saturated heterocycles. The fourth-order valence-electron chi connectivity index (χ4n) is 7.17. The van der Waals surface area contributed by atoms with E-state index in [1.165, 1.54) is 30.4 Å². The number of benzene rings is 2. The van der Waals surface area contributed by atoms with Crippen LogP contribution in [0.3, 0.4) is 0 Å². The molecule has 2 unspecified atom stereocenters. The highest BCUT2D eigenvalue weighted by Gasteiger charge is 2.60. The summed E-state index contributed by atoms with van der Waals surface area (Å²) < 4.78 is 25.0. The lowest BCUT2D eigenvalue weighted by atomic mass is 9.42. The van der Waals surface area contributed by atoms with Crippen LogP contribution < -0.4 is 5.32 Å². The number of amides is 1. The van der Waals surface area contributed by atoms with Gasteiger partial charge in [0, 0.05) is 6.54 Å². The molecule has 2 aromatic carbocycles. The summed E-state index contributed by atoms with van der Waals surface area (Å²) in [6, 6.07) is 17.5. The van der Waals surface area contributed by atoms with Gasteiger partial charge < -0.3 is 5.32 Å². The molecule has 4 aliphatic carbocycles. The Bertz CT molecular complexity index is 1080. The monoisotopic (exact) mass is 451 g/mol. The standard InChI is InChI=1S/C27H33NO3S/c1-20-8-10-23(11-9-20)26-15-21-14-22(16-26)18-27(17-21,19-26)25(29)28-12-5-13-32(30,31)24-6-3-2-4-7-24/h2-4,6-11,21-22H,5,12-19H2,1H3,(H,28,29). The van der Waals surface area contributed by atoms with Crippen LogP contribution in [0.1, 0.15) is 56.1 Å². The fourth-order valence-corrected chi connectivity index (χ4v) is 8.50. The van der Waals surface area contributed by atoms with Gasteiger partial charge in [-0.25, -0.2) is 8.42 Å². The first-order valence-corrected chi connectivity index (χ1v) is 13.6. The minimum atomic E-state index is -3.30. The molecular formula is C27H33NO3S. The first-order chi connectivity index (χ1) is 15.3. The molecule has 6 rings (SSSR count). The molecule has 1 amide bonds. The summed E-state index contributed by atoms with van der Waals surface area (Å²) >= 11 is 0. The van der Waals surface area contributed by atoms with Crippen molar-refractivity contribution < 1.29 is 13.2 Å². The van der Waals surface area contributed by atoms with Crippen molar-refractivity contribution in [2.45, 2.75) is 62.2 Å². The van der Waals surface area contributed by atoms with Crippen molar-refractivity contribution in [3.05, 3.63) is 65.7 Å².